The van der Waals surface area contributed by atoms with Crippen molar-refractivity contribution < 1.29 is 9.53 Å². The summed E-state index contributed by atoms with van der Waals surface area (Å²) in [6.07, 6.45) is 10.4. The molecule has 1 N–H and O–H groups in total. The maximum absolute atomic E-state index is 13.5. The zero-order chi connectivity index (χ0) is 25.2. The first-order valence-electron chi connectivity index (χ1n) is 13.2. The van der Waals surface area contributed by atoms with Crippen LogP contribution in [-0.4, -0.2) is 85.5 Å². The number of amides is 1. The quantitative estimate of drug-likeness (QED) is 0.550. The summed E-state index contributed by atoms with van der Waals surface area (Å²) in [7, 11) is 2.17. The number of ether oxygens (including phenoxy) is 1. The average Bonchev–Trinajstić information content (AvgIpc) is 3.45. The van der Waals surface area contributed by atoms with E-state index in [2.05, 4.69) is 38.6 Å². The van der Waals surface area contributed by atoms with Crippen molar-refractivity contribution in [2.24, 2.45) is 10.9 Å². The van der Waals surface area contributed by atoms with Crippen LogP contribution in [0.25, 0.3) is 5.57 Å². The van der Waals surface area contributed by atoms with Crippen LogP contribution in [0.4, 0.5) is 5.13 Å². The van der Waals surface area contributed by atoms with Gasteiger partial charge in [-0.05, 0) is 43.7 Å². The number of anilines is 1. The van der Waals surface area contributed by atoms with Crippen LogP contribution in [0.5, 0.6) is 5.75 Å². The molecular weight excluding hydrogens is 484 g/mol. The molecule has 4 heterocycles. The molecule has 2 unspecified atom stereocenters. The number of carbonyl (C=O) groups is 1. The van der Waals surface area contributed by atoms with Gasteiger partial charge in [0.25, 0.3) is 0 Å². The van der Waals surface area contributed by atoms with Crippen LogP contribution in [0.15, 0.2) is 53.0 Å². The molecule has 9 heteroatoms. The number of thiazole rings is 1. The van der Waals surface area contributed by atoms with Gasteiger partial charge in [0.05, 0.1) is 12.1 Å². The first-order chi connectivity index (χ1) is 18.1. The van der Waals surface area contributed by atoms with Gasteiger partial charge in [-0.15, -0.1) is 11.3 Å². The lowest BCUT2D eigenvalue weighted by Gasteiger charge is -2.32. The van der Waals surface area contributed by atoms with Crippen molar-refractivity contribution in [1.29, 1.82) is 0 Å². The second-order valence-corrected chi connectivity index (χ2v) is 11.1. The van der Waals surface area contributed by atoms with E-state index in [9.17, 15) is 4.79 Å². The highest BCUT2D eigenvalue weighted by molar-refractivity contribution is 7.14. The minimum Gasteiger partial charge on any atom is -0.492 e. The number of dihydropyridines is 1. The van der Waals surface area contributed by atoms with Gasteiger partial charge in [0, 0.05) is 68.1 Å². The minimum atomic E-state index is 0.0439. The summed E-state index contributed by atoms with van der Waals surface area (Å²) in [5.41, 5.74) is 3.03. The highest BCUT2D eigenvalue weighted by Gasteiger charge is 2.36. The zero-order valence-corrected chi connectivity index (χ0v) is 22.1. The molecule has 1 aliphatic carbocycles. The molecule has 6 rings (SSSR count). The number of nitrogens with one attached hydrogen (secondary N) is 1. The van der Waals surface area contributed by atoms with Crippen LogP contribution < -0.4 is 15.0 Å². The van der Waals surface area contributed by atoms with Crippen molar-refractivity contribution >= 4 is 34.2 Å². The van der Waals surface area contributed by atoms with Crippen molar-refractivity contribution in [1.82, 2.24) is 20.1 Å². The molecule has 1 aromatic heterocycles. The summed E-state index contributed by atoms with van der Waals surface area (Å²) >= 11 is 1.55. The van der Waals surface area contributed by atoms with Gasteiger partial charge in [-0.25, -0.2) is 4.98 Å². The predicted octanol–water partition coefficient (Wildman–Crippen LogP) is 3.03. The van der Waals surface area contributed by atoms with Crippen LogP contribution in [0.1, 0.15) is 24.1 Å². The van der Waals surface area contributed by atoms with Crippen molar-refractivity contribution in [3.63, 3.8) is 0 Å². The number of nitrogens with zero attached hydrogens (tertiary/aromatic N) is 5. The number of hydrogen-bond donors (Lipinski definition) is 1. The lowest BCUT2D eigenvalue weighted by molar-refractivity contribution is -0.118. The molecule has 1 saturated carbocycles. The van der Waals surface area contributed by atoms with E-state index in [-0.39, 0.29) is 24.0 Å². The number of carbonyl (C=O) groups excluding carboxylic acids is 1. The van der Waals surface area contributed by atoms with Gasteiger partial charge in [0.1, 0.15) is 18.5 Å². The Morgan fingerprint density at radius 3 is 2.95 bits per heavy atom. The molecule has 1 saturated heterocycles. The summed E-state index contributed by atoms with van der Waals surface area (Å²) < 4.78 is 6.05. The second kappa shape index (κ2) is 10.8. The molecule has 0 spiro atoms. The van der Waals surface area contributed by atoms with E-state index in [1.165, 1.54) is 0 Å². The number of aliphatic imine (C=N–C) groups is 1. The molecule has 37 heavy (non-hydrogen) atoms. The monoisotopic (exact) mass is 518 g/mol. The van der Waals surface area contributed by atoms with Crippen molar-refractivity contribution in [2.45, 2.75) is 31.5 Å². The molecule has 194 valence electrons. The van der Waals surface area contributed by atoms with Crippen LogP contribution in [-0.2, 0) is 11.2 Å². The zero-order valence-electron chi connectivity index (χ0n) is 21.3. The fourth-order valence-corrected chi connectivity index (χ4v) is 6.04. The first-order valence-corrected chi connectivity index (χ1v) is 14.1. The maximum Gasteiger partial charge on any atom is 0.233 e. The van der Waals surface area contributed by atoms with Crippen LogP contribution in [0.2, 0.25) is 0 Å². The number of rotatable bonds is 9. The minimum absolute atomic E-state index is 0.0439. The van der Waals surface area contributed by atoms with E-state index in [0.717, 1.165) is 73.3 Å². The lowest BCUT2D eigenvalue weighted by Crippen LogP contribution is -2.45. The summed E-state index contributed by atoms with van der Waals surface area (Å²) in [5.74, 6) is 1.10. The Balaban J connectivity index is 1.08. The third-order valence-electron chi connectivity index (χ3n) is 7.46. The molecule has 2 aromatic rings. The number of likely N-dealkylation sites (N-methyl/N-ethyl adjacent to an activating group) is 1. The molecule has 1 amide bonds. The number of piperazine rings is 1. The Bertz CT molecular complexity index is 1210. The van der Waals surface area contributed by atoms with E-state index >= 15 is 0 Å². The molecule has 8 nitrogen and oxygen atoms in total. The van der Waals surface area contributed by atoms with Crippen molar-refractivity contribution in [2.75, 3.05) is 51.3 Å². The van der Waals surface area contributed by atoms with E-state index in [1.807, 2.05) is 47.7 Å². The fourth-order valence-electron chi connectivity index (χ4n) is 5.12. The molecule has 1 aromatic carbocycles. The Kier molecular flexibility index (Phi) is 7.08. The normalized spacial score (nSPS) is 23.4. The third-order valence-corrected chi connectivity index (χ3v) is 8.30. The van der Waals surface area contributed by atoms with Gasteiger partial charge < -0.3 is 15.0 Å². The predicted molar refractivity (Wildman–Crippen MR) is 148 cm³/mol. The smallest absolute Gasteiger partial charge is 0.233 e. The van der Waals surface area contributed by atoms with Gasteiger partial charge in [-0.3, -0.25) is 19.6 Å². The molecule has 2 fully saturated rings. The van der Waals surface area contributed by atoms with Crippen LogP contribution in [0.3, 0.4) is 0 Å². The molecule has 4 aliphatic rings. The van der Waals surface area contributed by atoms with Gasteiger partial charge in [-0.1, -0.05) is 18.2 Å². The number of allylic oxidation sites excluding steroid dienone is 1. The van der Waals surface area contributed by atoms with E-state index in [0.29, 0.717) is 13.0 Å². The SMILES string of the molecule is CN1CCN(CCOc2cccc(CC(=O)N(c3nc(C4=CNC5N=CC=CC45)cs3)C3CC3)c2)CC1. The number of hydrogen-bond acceptors (Lipinski definition) is 8. The Hall–Kier alpha value is -3.01. The van der Waals surface area contributed by atoms with Crippen LogP contribution >= 0.6 is 11.3 Å². The molecule has 0 bridgehead atoms. The number of benzene rings is 1. The molecule has 0 radical (unpaired) electrons. The second-order valence-electron chi connectivity index (χ2n) is 10.2. The van der Waals surface area contributed by atoms with Gasteiger partial charge >= 0.3 is 0 Å². The van der Waals surface area contributed by atoms with Crippen molar-refractivity contribution in [3.05, 3.63) is 59.3 Å². The van der Waals surface area contributed by atoms with E-state index in [4.69, 9.17) is 9.72 Å². The molecular formula is C28H34N6O2S. The average molecular weight is 519 g/mol. The van der Waals surface area contributed by atoms with E-state index in [1.54, 1.807) is 11.3 Å². The summed E-state index contributed by atoms with van der Waals surface area (Å²) in [4.78, 5) is 29.6. The maximum atomic E-state index is 13.5. The summed E-state index contributed by atoms with van der Waals surface area (Å²) in [6.45, 7) is 5.97. The summed E-state index contributed by atoms with van der Waals surface area (Å²) in [6, 6.07) is 8.22. The lowest BCUT2D eigenvalue weighted by atomic mass is 9.96. The highest BCUT2D eigenvalue weighted by atomic mass is 32.1. The standard InChI is InChI=1S/C28H34N6O2S/c1-32-10-12-33(13-11-32)14-15-36-22-5-2-4-20(16-22)17-26(35)34(21-7-8-21)28-31-25(19-37-28)24-18-30-27-23(24)6-3-9-29-27/h2-6,9,16,18-19,21,23,27,30H,7-8,10-15,17H2,1H3. The number of aromatic nitrogens is 1. The van der Waals surface area contributed by atoms with Gasteiger partial charge in [-0.2, -0.15) is 0 Å². The fraction of sp³-hybridized carbons (Fsp3) is 0.464. The third kappa shape index (κ3) is 5.63. The van der Waals surface area contributed by atoms with Gasteiger partial charge in [0.15, 0.2) is 5.13 Å². The molecule has 2 atom stereocenters. The largest absolute Gasteiger partial charge is 0.492 e. The highest BCUT2D eigenvalue weighted by Crippen LogP contribution is 2.38. The first kappa shape index (κ1) is 24.3. The van der Waals surface area contributed by atoms with Crippen molar-refractivity contribution in [3.8, 4) is 5.75 Å². The Labute approximate surface area is 222 Å². The van der Waals surface area contributed by atoms with Crippen LogP contribution in [0, 0.1) is 5.92 Å². The Morgan fingerprint density at radius 1 is 1.24 bits per heavy atom. The molecule has 3 aliphatic heterocycles. The topological polar surface area (TPSA) is 73.3 Å². The van der Waals surface area contributed by atoms with E-state index < -0.39 is 0 Å². The Morgan fingerprint density at radius 2 is 2.11 bits per heavy atom. The summed E-state index contributed by atoms with van der Waals surface area (Å²) in [5, 5.41) is 6.18. The van der Waals surface area contributed by atoms with Gasteiger partial charge in [0.2, 0.25) is 5.91 Å². The number of fused-ring (bicyclic) bond motifs is 1.